The molecule has 1 fully saturated rings. The lowest BCUT2D eigenvalue weighted by Gasteiger charge is -2.34. The Hall–Kier alpha value is -2.97. The van der Waals surface area contributed by atoms with Gasteiger partial charge in [-0.1, -0.05) is 12.1 Å². The number of carbonyl (C=O) groups is 1. The van der Waals surface area contributed by atoms with Gasteiger partial charge in [-0.2, -0.15) is 0 Å². The largest absolute Gasteiger partial charge is 0.492 e. The second-order valence-corrected chi connectivity index (χ2v) is 8.10. The van der Waals surface area contributed by atoms with Crippen LogP contribution >= 0.6 is 11.3 Å². The van der Waals surface area contributed by atoms with Gasteiger partial charge in [0.2, 0.25) is 5.91 Å². The Morgan fingerprint density at radius 2 is 1.87 bits per heavy atom. The van der Waals surface area contributed by atoms with Gasteiger partial charge < -0.3 is 15.0 Å². The summed E-state index contributed by atoms with van der Waals surface area (Å²) in [5.74, 6) is 0.387. The van der Waals surface area contributed by atoms with E-state index >= 15 is 0 Å². The minimum atomic E-state index is -0.249. The standard InChI is InChI=1S/C23H25FN4O2S/c1-2-30-21-6-4-3-5-19(21)25-22(29)15-27-11-13-28(14-12-27)23-26-20(16-31-23)17-7-9-18(24)10-8-17/h3-10,16H,2,11-15H2,1H3,(H,25,29). The highest BCUT2D eigenvalue weighted by Crippen LogP contribution is 2.28. The first-order valence-corrected chi connectivity index (χ1v) is 11.2. The normalized spacial score (nSPS) is 14.5. The Kier molecular flexibility index (Phi) is 6.79. The zero-order chi connectivity index (χ0) is 21.6. The number of thiazole rings is 1. The number of carbonyl (C=O) groups excluding carboxylic acids is 1. The molecule has 2 aromatic carbocycles. The number of piperazine rings is 1. The molecule has 1 aromatic heterocycles. The Labute approximate surface area is 185 Å². The van der Waals surface area contributed by atoms with E-state index < -0.39 is 0 Å². The van der Waals surface area contributed by atoms with E-state index in [2.05, 4.69) is 15.1 Å². The fourth-order valence-electron chi connectivity index (χ4n) is 3.50. The number of nitrogens with zero attached hydrogens (tertiary/aromatic N) is 3. The predicted octanol–water partition coefficient (Wildman–Crippen LogP) is 4.11. The molecule has 1 amide bonds. The van der Waals surface area contributed by atoms with E-state index in [1.54, 1.807) is 23.5 Å². The lowest BCUT2D eigenvalue weighted by molar-refractivity contribution is -0.117. The average molecular weight is 441 g/mol. The van der Waals surface area contributed by atoms with E-state index in [1.807, 2.05) is 36.6 Å². The van der Waals surface area contributed by atoms with Gasteiger partial charge in [0.1, 0.15) is 11.6 Å². The predicted molar refractivity (Wildman–Crippen MR) is 122 cm³/mol. The van der Waals surface area contributed by atoms with Gasteiger partial charge in [0.25, 0.3) is 0 Å². The molecule has 31 heavy (non-hydrogen) atoms. The smallest absolute Gasteiger partial charge is 0.238 e. The maximum Gasteiger partial charge on any atom is 0.238 e. The van der Waals surface area contributed by atoms with E-state index in [0.29, 0.717) is 24.6 Å². The molecule has 6 nitrogen and oxygen atoms in total. The van der Waals surface area contributed by atoms with Crippen LogP contribution in [0.5, 0.6) is 5.75 Å². The molecule has 3 aromatic rings. The summed E-state index contributed by atoms with van der Waals surface area (Å²) in [5.41, 5.74) is 2.46. The number of rotatable bonds is 7. The van der Waals surface area contributed by atoms with Gasteiger partial charge in [-0.05, 0) is 43.3 Å². The van der Waals surface area contributed by atoms with Crippen molar-refractivity contribution >= 4 is 28.1 Å². The Balaban J connectivity index is 1.29. The number of ether oxygens (including phenoxy) is 1. The van der Waals surface area contributed by atoms with Crippen LogP contribution in [-0.4, -0.2) is 55.1 Å². The first kappa shape index (κ1) is 21.3. The summed E-state index contributed by atoms with van der Waals surface area (Å²) < 4.78 is 18.7. The fourth-order valence-corrected chi connectivity index (χ4v) is 4.39. The van der Waals surface area contributed by atoms with Crippen molar-refractivity contribution in [2.45, 2.75) is 6.92 Å². The van der Waals surface area contributed by atoms with Gasteiger partial charge in [0, 0.05) is 37.1 Å². The Morgan fingerprint density at radius 1 is 1.13 bits per heavy atom. The van der Waals surface area contributed by atoms with E-state index in [4.69, 9.17) is 9.72 Å². The second-order valence-electron chi connectivity index (χ2n) is 7.26. The van der Waals surface area contributed by atoms with Crippen molar-refractivity contribution in [1.82, 2.24) is 9.88 Å². The van der Waals surface area contributed by atoms with Crippen molar-refractivity contribution in [2.75, 3.05) is 49.5 Å². The molecule has 0 bridgehead atoms. The molecule has 0 radical (unpaired) electrons. The molecule has 0 unspecified atom stereocenters. The molecule has 0 aliphatic carbocycles. The quantitative estimate of drug-likeness (QED) is 0.599. The van der Waals surface area contributed by atoms with E-state index in [-0.39, 0.29) is 11.7 Å². The van der Waals surface area contributed by atoms with Gasteiger partial charge in [0.15, 0.2) is 5.13 Å². The number of halogens is 1. The summed E-state index contributed by atoms with van der Waals surface area (Å²) in [5, 5.41) is 5.91. The van der Waals surface area contributed by atoms with Crippen LogP contribution in [-0.2, 0) is 4.79 Å². The molecule has 1 N–H and O–H groups in total. The molecule has 162 valence electrons. The molecule has 1 saturated heterocycles. The Bertz CT molecular complexity index is 1020. The van der Waals surface area contributed by atoms with Crippen molar-refractivity contribution in [1.29, 1.82) is 0 Å². The topological polar surface area (TPSA) is 57.7 Å². The lowest BCUT2D eigenvalue weighted by atomic mass is 10.2. The third-order valence-corrected chi connectivity index (χ3v) is 6.00. The second kappa shape index (κ2) is 9.89. The third-order valence-electron chi connectivity index (χ3n) is 5.10. The number of para-hydroxylation sites is 2. The average Bonchev–Trinajstić information content (AvgIpc) is 3.26. The van der Waals surface area contributed by atoms with Crippen LogP contribution in [0.25, 0.3) is 11.3 Å². The van der Waals surface area contributed by atoms with Gasteiger partial charge >= 0.3 is 0 Å². The number of hydrogen-bond acceptors (Lipinski definition) is 6. The number of aromatic nitrogens is 1. The molecule has 1 aliphatic rings. The maximum atomic E-state index is 13.1. The van der Waals surface area contributed by atoms with Crippen LogP contribution < -0.4 is 15.0 Å². The maximum absolute atomic E-state index is 13.1. The number of anilines is 2. The highest BCUT2D eigenvalue weighted by molar-refractivity contribution is 7.14. The first-order chi connectivity index (χ1) is 15.1. The molecule has 8 heteroatoms. The van der Waals surface area contributed by atoms with Gasteiger partial charge in [-0.15, -0.1) is 11.3 Å². The summed E-state index contributed by atoms with van der Waals surface area (Å²) in [4.78, 5) is 21.6. The molecular weight excluding hydrogens is 415 g/mol. The molecule has 4 rings (SSSR count). The van der Waals surface area contributed by atoms with E-state index in [1.165, 1.54) is 12.1 Å². The molecule has 0 saturated carbocycles. The van der Waals surface area contributed by atoms with E-state index in [0.717, 1.165) is 42.6 Å². The summed E-state index contributed by atoms with van der Waals surface area (Å²) in [7, 11) is 0. The zero-order valence-electron chi connectivity index (χ0n) is 17.4. The number of hydrogen-bond donors (Lipinski definition) is 1. The SMILES string of the molecule is CCOc1ccccc1NC(=O)CN1CCN(c2nc(-c3ccc(F)cc3)cs2)CC1. The highest BCUT2D eigenvalue weighted by atomic mass is 32.1. The third kappa shape index (κ3) is 5.39. The van der Waals surface area contributed by atoms with Gasteiger partial charge in [-0.3, -0.25) is 9.69 Å². The summed E-state index contributed by atoms with van der Waals surface area (Å²) in [6.45, 7) is 5.99. The van der Waals surface area contributed by atoms with Crippen LogP contribution in [0.4, 0.5) is 15.2 Å². The molecule has 2 heterocycles. The van der Waals surface area contributed by atoms with Crippen LogP contribution in [0.3, 0.4) is 0 Å². The van der Waals surface area contributed by atoms with Crippen LogP contribution in [0.15, 0.2) is 53.9 Å². The monoisotopic (exact) mass is 440 g/mol. The van der Waals surface area contributed by atoms with Crippen LogP contribution in [0.2, 0.25) is 0 Å². The van der Waals surface area contributed by atoms with Gasteiger partial charge in [0.05, 0.1) is 24.5 Å². The molecule has 1 aliphatic heterocycles. The number of amides is 1. The van der Waals surface area contributed by atoms with Gasteiger partial charge in [-0.25, -0.2) is 9.37 Å². The number of benzene rings is 2. The molecule has 0 atom stereocenters. The highest BCUT2D eigenvalue weighted by Gasteiger charge is 2.21. The van der Waals surface area contributed by atoms with Crippen molar-refractivity contribution < 1.29 is 13.9 Å². The Morgan fingerprint density at radius 3 is 2.61 bits per heavy atom. The van der Waals surface area contributed by atoms with Crippen LogP contribution in [0.1, 0.15) is 6.92 Å². The first-order valence-electron chi connectivity index (χ1n) is 10.3. The lowest BCUT2D eigenvalue weighted by Crippen LogP contribution is -2.48. The minimum absolute atomic E-state index is 0.0477. The minimum Gasteiger partial charge on any atom is -0.492 e. The summed E-state index contributed by atoms with van der Waals surface area (Å²) in [6.07, 6.45) is 0. The molecular formula is C23H25FN4O2S. The molecule has 0 spiro atoms. The van der Waals surface area contributed by atoms with Crippen molar-refractivity contribution in [3.05, 3.63) is 59.7 Å². The fraction of sp³-hybridized carbons (Fsp3) is 0.304. The van der Waals surface area contributed by atoms with Crippen molar-refractivity contribution in [3.63, 3.8) is 0 Å². The summed E-state index contributed by atoms with van der Waals surface area (Å²) >= 11 is 1.59. The van der Waals surface area contributed by atoms with Crippen LogP contribution in [0, 0.1) is 5.82 Å². The summed E-state index contributed by atoms with van der Waals surface area (Å²) in [6, 6.07) is 13.9. The van der Waals surface area contributed by atoms with Crippen molar-refractivity contribution in [3.8, 4) is 17.0 Å². The zero-order valence-corrected chi connectivity index (χ0v) is 18.2. The van der Waals surface area contributed by atoms with E-state index in [9.17, 15) is 9.18 Å². The van der Waals surface area contributed by atoms with Crippen molar-refractivity contribution in [2.24, 2.45) is 0 Å². The number of nitrogens with one attached hydrogen (secondary N) is 1.